The Balaban J connectivity index is 1.77. The third-order valence-corrected chi connectivity index (χ3v) is 2.54. The summed E-state index contributed by atoms with van der Waals surface area (Å²) in [5.41, 5.74) is 1.31. The van der Waals surface area contributed by atoms with E-state index in [1.54, 1.807) is 6.92 Å². The summed E-state index contributed by atoms with van der Waals surface area (Å²) in [6.45, 7) is 1.59. The number of Topliss-reactive ketones (excluding diaryl/α,β-unsaturated/α-hetero) is 1. The summed E-state index contributed by atoms with van der Waals surface area (Å²) in [6.07, 6.45) is 2.01. The highest BCUT2D eigenvalue weighted by Crippen LogP contribution is 2.27. The van der Waals surface area contributed by atoms with Crippen LogP contribution in [0.4, 0.5) is 0 Å². The molecule has 0 unspecified atom stereocenters. The van der Waals surface area contributed by atoms with Crippen LogP contribution < -0.4 is 0 Å². The van der Waals surface area contributed by atoms with Crippen molar-refractivity contribution < 1.29 is 9.53 Å². The van der Waals surface area contributed by atoms with Crippen molar-refractivity contribution in [3.8, 4) is 0 Å². The first-order chi connectivity index (χ1) is 6.77. The lowest BCUT2D eigenvalue weighted by Crippen LogP contribution is -2.05. The van der Waals surface area contributed by atoms with Gasteiger partial charge in [-0.2, -0.15) is 0 Å². The van der Waals surface area contributed by atoms with Gasteiger partial charge < -0.3 is 4.74 Å². The van der Waals surface area contributed by atoms with Gasteiger partial charge in [-0.15, -0.1) is 0 Å². The lowest BCUT2D eigenvalue weighted by atomic mass is 10.1. The van der Waals surface area contributed by atoms with E-state index in [-0.39, 0.29) is 18.0 Å². The summed E-state index contributed by atoms with van der Waals surface area (Å²) in [7, 11) is 0. The molecule has 1 saturated heterocycles. The zero-order valence-corrected chi connectivity index (χ0v) is 8.27. The third-order valence-electron chi connectivity index (χ3n) is 2.54. The van der Waals surface area contributed by atoms with Crippen molar-refractivity contribution in [1.82, 2.24) is 0 Å². The molecule has 2 heteroatoms. The molecule has 2 rings (SSSR count). The number of ether oxygens (including phenoxy) is 1. The molecule has 2 nitrogen and oxygen atoms in total. The summed E-state index contributed by atoms with van der Waals surface area (Å²) in [6, 6.07) is 10.3. The Morgan fingerprint density at radius 1 is 1.36 bits per heavy atom. The number of hydrogen-bond donors (Lipinski definition) is 0. The second-order valence-electron chi connectivity index (χ2n) is 3.73. The van der Waals surface area contributed by atoms with Gasteiger partial charge in [0.1, 0.15) is 6.10 Å². The molecule has 0 bridgehead atoms. The summed E-state index contributed by atoms with van der Waals surface area (Å²) in [4.78, 5) is 10.9. The Labute approximate surface area is 83.9 Å². The predicted molar refractivity (Wildman–Crippen MR) is 54.1 cm³/mol. The number of carbonyl (C=O) groups is 1. The molecule has 0 saturated carbocycles. The molecular formula is C12H14O2. The van der Waals surface area contributed by atoms with Crippen molar-refractivity contribution in [2.45, 2.75) is 32.0 Å². The van der Waals surface area contributed by atoms with E-state index in [2.05, 4.69) is 12.1 Å². The highest BCUT2D eigenvalue weighted by molar-refractivity contribution is 5.83. The number of aryl methyl sites for hydroxylation is 1. The quantitative estimate of drug-likeness (QED) is 0.679. The molecule has 14 heavy (non-hydrogen) atoms. The van der Waals surface area contributed by atoms with Crippen LogP contribution in [0.2, 0.25) is 0 Å². The van der Waals surface area contributed by atoms with Crippen LogP contribution in [-0.4, -0.2) is 18.0 Å². The van der Waals surface area contributed by atoms with Crippen LogP contribution in [0.1, 0.15) is 18.9 Å². The first kappa shape index (κ1) is 9.41. The summed E-state index contributed by atoms with van der Waals surface area (Å²) >= 11 is 0. The molecule has 0 radical (unpaired) electrons. The maximum Gasteiger partial charge on any atom is 0.161 e. The van der Waals surface area contributed by atoms with E-state index in [1.165, 1.54) is 5.56 Å². The Hall–Kier alpha value is -1.15. The van der Waals surface area contributed by atoms with Crippen LogP contribution >= 0.6 is 0 Å². The Morgan fingerprint density at radius 2 is 2.07 bits per heavy atom. The molecule has 1 fully saturated rings. The van der Waals surface area contributed by atoms with Gasteiger partial charge in [0.15, 0.2) is 5.78 Å². The van der Waals surface area contributed by atoms with Crippen LogP contribution in [0, 0.1) is 0 Å². The molecule has 1 aromatic carbocycles. The maximum atomic E-state index is 10.9. The Kier molecular flexibility index (Phi) is 2.64. The molecule has 1 heterocycles. The third kappa shape index (κ3) is 2.20. The molecule has 2 atom stereocenters. The van der Waals surface area contributed by atoms with Crippen molar-refractivity contribution in [2.75, 3.05) is 0 Å². The number of ketones is 1. The summed E-state index contributed by atoms with van der Waals surface area (Å²) in [5.74, 6) is 0.156. The van der Waals surface area contributed by atoms with Gasteiger partial charge in [-0.1, -0.05) is 30.3 Å². The normalized spacial score (nSPS) is 24.6. The molecular weight excluding hydrogens is 176 g/mol. The fraction of sp³-hybridized carbons (Fsp3) is 0.417. The van der Waals surface area contributed by atoms with E-state index in [4.69, 9.17) is 4.74 Å². The fourth-order valence-electron chi connectivity index (χ4n) is 1.67. The zero-order chi connectivity index (χ0) is 9.97. The lowest BCUT2D eigenvalue weighted by molar-refractivity contribution is -0.118. The number of epoxide rings is 1. The molecule has 0 aromatic heterocycles. The van der Waals surface area contributed by atoms with Gasteiger partial charge in [0, 0.05) is 0 Å². The van der Waals surface area contributed by atoms with E-state index < -0.39 is 0 Å². The minimum absolute atomic E-state index is 0.112. The van der Waals surface area contributed by atoms with E-state index in [9.17, 15) is 4.79 Å². The summed E-state index contributed by atoms with van der Waals surface area (Å²) in [5, 5.41) is 0. The molecule has 74 valence electrons. The maximum absolute atomic E-state index is 10.9. The fourth-order valence-corrected chi connectivity index (χ4v) is 1.67. The Bertz CT molecular complexity index is 318. The van der Waals surface area contributed by atoms with E-state index in [1.807, 2.05) is 18.2 Å². The van der Waals surface area contributed by atoms with Crippen LogP contribution in [0.3, 0.4) is 0 Å². The molecule has 0 N–H and O–H groups in total. The van der Waals surface area contributed by atoms with E-state index >= 15 is 0 Å². The van der Waals surface area contributed by atoms with Gasteiger partial charge in [-0.25, -0.2) is 0 Å². The zero-order valence-electron chi connectivity index (χ0n) is 8.27. The highest BCUT2D eigenvalue weighted by atomic mass is 16.6. The van der Waals surface area contributed by atoms with E-state index in [0.717, 1.165) is 12.8 Å². The van der Waals surface area contributed by atoms with Crippen LogP contribution in [0.5, 0.6) is 0 Å². The van der Waals surface area contributed by atoms with Crippen molar-refractivity contribution in [3.05, 3.63) is 35.9 Å². The molecule has 0 spiro atoms. The van der Waals surface area contributed by atoms with E-state index in [0.29, 0.717) is 0 Å². The van der Waals surface area contributed by atoms with Gasteiger partial charge >= 0.3 is 0 Å². The summed E-state index contributed by atoms with van der Waals surface area (Å²) < 4.78 is 5.25. The van der Waals surface area contributed by atoms with Gasteiger partial charge in [0.25, 0.3) is 0 Å². The number of carbonyl (C=O) groups excluding carboxylic acids is 1. The molecule has 1 aromatic rings. The smallest absolute Gasteiger partial charge is 0.161 e. The monoisotopic (exact) mass is 190 g/mol. The topological polar surface area (TPSA) is 29.6 Å². The number of rotatable bonds is 4. The Morgan fingerprint density at radius 3 is 2.64 bits per heavy atom. The average molecular weight is 190 g/mol. The second-order valence-corrected chi connectivity index (χ2v) is 3.73. The average Bonchev–Trinajstić information content (AvgIpc) is 2.96. The van der Waals surface area contributed by atoms with Crippen molar-refractivity contribution >= 4 is 5.78 Å². The van der Waals surface area contributed by atoms with Crippen LogP contribution in [0.25, 0.3) is 0 Å². The van der Waals surface area contributed by atoms with Gasteiger partial charge in [0.2, 0.25) is 0 Å². The van der Waals surface area contributed by atoms with Crippen molar-refractivity contribution in [2.24, 2.45) is 0 Å². The van der Waals surface area contributed by atoms with Gasteiger partial charge in [-0.05, 0) is 25.3 Å². The lowest BCUT2D eigenvalue weighted by Gasteiger charge is -1.97. The molecule has 1 aliphatic heterocycles. The van der Waals surface area contributed by atoms with Gasteiger partial charge in [-0.3, -0.25) is 4.79 Å². The minimum Gasteiger partial charge on any atom is -0.361 e. The predicted octanol–water partition coefficient (Wildman–Crippen LogP) is 1.98. The minimum atomic E-state index is -0.112. The second kappa shape index (κ2) is 3.93. The number of benzene rings is 1. The van der Waals surface area contributed by atoms with Crippen LogP contribution in [-0.2, 0) is 16.0 Å². The first-order valence-electron chi connectivity index (χ1n) is 4.97. The van der Waals surface area contributed by atoms with Crippen molar-refractivity contribution in [3.63, 3.8) is 0 Å². The first-order valence-corrected chi connectivity index (χ1v) is 4.97. The van der Waals surface area contributed by atoms with Gasteiger partial charge in [0.05, 0.1) is 6.10 Å². The molecule has 0 aliphatic carbocycles. The van der Waals surface area contributed by atoms with Crippen molar-refractivity contribution in [1.29, 1.82) is 0 Å². The SMILES string of the molecule is CC(=O)[C@H]1O[C@@H]1CCc1ccccc1. The molecule has 0 amide bonds. The highest BCUT2D eigenvalue weighted by Gasteiger charge is 2.41. The standard InChI is InChI=1S/C12H14O2/c1-9(13)12-11(14-12)8-7-10-5-3-2-4-6-10/h2-6,11-12H,7-8H2,1H3/t11-,12-/m1/s1. The van der Waals surface area contributed by atoms with Crippen LogP contribution in [0.15, 0.2) is 30.3 Å². The molecule has 1 aliphatic rings. The largest absolute Gasteiger partial charge is 0.361 e. The number of hydrogen-bond acceptors (Lipinski definition) is 2.